The van der Waals surface area contributed by atoms with Gasteiger partial charge in [-0.15, -0.1) is 0 Å². The molecule has 1 aliphatic carbocycles. The second-order valence-corrected chi connectivity index (χ2v) is 6.99. The third-order valence-corrected chi connectivity index (χ3v) is 4.85. The number of carboxylic acid groups (broad SMARTS) is 1. The van der Waals surface area contributed by atoms with Crippen LogP contribution in [0.5, 0.6) is 0 Å². The van der Waals surface area contributed by atoms with Gasteiger partial charge in [-0.2, -0.15) is 0 Å². The highest BCUT2D eigenvalue weighted by Crippen LogP contribution is 2.37. The van der Waals surface area contributed by atoms with Crippen molar-refractivity contribution in [1.29, 1.82) is 0 Å². The number of piperidine rings is 1. The maximum Gasteiger partial charge on any atom is 0.326 e. The molecule has 2 rings (SSSR count). The van der Waals surface area contributed by atoms with Crippen LogP contribution in [0.15, 0.2) is 0 Å². The van der Waals surface area contributed by atoms with Crippen LogP contribution in [0.3, 0.4) is 0 Å². The topological polar surface area (TPSA) is 83.6 Å². The van der Waals surface area contributed by atoms with Crippen LogP contribution < -0.4 is 5.73 Å². The number of carbonyl (C=O) groups excluding carboxylic acids is 1. The lowest BCUT2D eigenvalue weighted by Gasteiger charge is -2.45. The van der Waals surface area contributed by atoms with E-state index in [0.29, 0.717) is 13.0 Å². The van der Waals surface area contributed by atoms with Gasteiger partial charge in [-0.25, -0.2) is 4.79 Å². The van der Waals surface area contributed by atoms with E-state index >= 15 is 0 Å². The van der Waals surface area contributed by atoms with Crippen molar-refractivity contribution in [3.63, 3.8) is 0 Å². The summed E-state index contributed by atoms with van der Waals surface area (Å²) in [4.78, 5) is 25.9. The van der Waals surface area contributed by atoms with Gasteiger partial charge in [0.2, 0.25) is 5.91 Å². The molecule has 1 aliphatic heterocycles. The molecule has 2 fully saturated rings. The molecule has 5 nitrogen and oxygen atoms in total. The molecule has 5 heteroatoms. The van der Waals surface area contributed by atoms with E-state index in [1.165, 1.54) is 0 Å². The maximum absolute atomic E-state index is 12.7. The molecule has 3 atom stereocenters. The fraction of sp³-hybridized carbons (Fsp3) is 0.867. The maximum atomic E-state index is 12.7. The number of nitrogens with two attached hydrogens (primary N) is 1. The van der Waals surface area contributed by atoms with E-state index in [-0.39, 0.29) is 23.3 Å². The summed E-state index contributed by atoms with van der Waals surface area (Å²) in [6.45, 7) is 4.45. The first kappa shape index (κ1) is 15.3. The largest absolute Gasteiger partial charge is 0.480 e. The quantitative estimate of drug-likeness (QED) is 0.806. The second-order valence-electron chi connectivity index (χ2n) is 6.99. The molecule has 1 saturated carbocycles. The van der Waals surface area contributed by atoms with Gasteiger partial charge in [0, 0.05) is 18.5 Å². The van der Waals surface area contributed by atoms with Gasteiger partial charge in [0.25, 0.3) is 0 Å². The van der Waals surface area contributed by atoms with Crippen LogP contribution in [0, 0.1) is 11.3 Å². The third-order valence-electron chi connectivity index (χ3n) is 4.85. The molecule has 1 saturated heterocycles. The van der Waals surface area contributed by atoms with Crippen molar-refractivity contribution in [2.24, 2.45) is 17.1 Å². The van der Waals surface area contributed by atoms with E-state index < -0.39 is 12.0 Å². The lowest BCUT2D eigenvalue weighted by Crippen LogP contribution is -2.58. The number of amides is 1. The predicted molar refractivity (Wildman–Crippen MR) is 76.1 cm³/mol. The first-order valence-corrected chi connectivity index (χ1v) is 7.62. The molecular formula is C15H26N2O3. The Morgan fingerprint density at radius 3 is 2.55 bits per heavy atom. The summed E-state index contributed by atoms with van der Waals surface area (Å²) in [6.07, 6.45) is 5.20. The summed E-state index contributed by atoms with van der Waals surface area (Å²) < 4.78 is 0. The van der Waals surface area contributed by atoms with Crippen molar-refractivity contribution in [2.75, 3.05) is 6.54 Å². The van der Waals surface area contributed by atoms with Gasteiger partial charge in [-0.1, -0.05) is 20.3 Å². The first-order valence-electron chi connectivity index (χ1n) is 7.62. The zero-order valence-electron chi connectivity index (χ0n) is 12.5. The van der Waals surface area contributed by atoms with Gasteiger partial charge in [0.15, 0.2) is 0 Å². The molecule has 20 heavy (non-hydrogen) atoms. The first-order chi connectivity index (χ1) is 9.33. The molecule has 0 spiro atoms. The van der Waals surface area contributed by atoms with E-state index in [2.05, 4.69) is 0 Å². The number of hydrogen-bond acceptors (Lipinski definition) is 3. The smallest absolute Gasteiger partial charge is 0.326 e. The van der Waals surface area contributed by atoms with Crippen molar-refractivity contribution >= 4 is 11.9 Å². The van der Waals surface area contributed by atoms with Crippen LogP contribution in [0.1, 0.15) is 52.4 Å². The Hall–Kier alpha value is -1.10. The normalized spacial score (nSPS) is 33.8. The van der Waals surface area contributed by atoms with Crippen molar-refractivity contribution < 1.29 is 14.7 Å². The molecule has 0 bridgehead atoms. The van der Waals surface area contributed by atoms with Gasteiger partial charge in [-0.05, 0) is 37.5 Å². The number of nitrogens with zero attached hydrogens (tertiary/aromatic N) is 1. The highest BCUT2D eigenvalue weighted by atomic mass is 16.4. The summed E-state index contributed by atoms with van der Waals surface area (Å²) in [6, 6.07) is -0.624. The molecular weight excluding hydrogens is 256 g/mol. The standard InChI is InChI=1S/C15H26N2O3/c1-15(2)7-4-8-17(12(15)14(19)20)13(18)10-5-3-6-11(16)9-10/h10-12H,3-9,16H2,1-2H3,(H,19,20). The number of carboxylic acids is 1. The summed E-state index contributed by atoms with van der Waals surface area (Å²) in [7, 11) is 0. The number of likely N-dealkylation sites (tertiary alicyclic amines) is 1. The number of aliphatic carboxylic acids is 1. The van der Waals surface area contributed by atoms with Crippen LogP contribution in [0.25, 0.3) is 0 Å². The molecule has 0 radical (unpaired) electrons. The molecule has 3 unspecified atom stereocenters. The predicted octanol–water partition coefficient (Wildman–Crippen LogP) is 1.61. The number of hydrogen-bond donors (Lipinski definition) is 2. The summed E-state index contributed by atoms with van der Waals surface area (Å²) >= 11 is 0. The van der Waals surface area contributed by atoms with Crippen molar-refractivity contribution in [1.82, 2.24) is 4.90 Å². The van der Waals surface area contributed by atoms with Crippen molar-refractivity contribution in [3.05, 3.63) is 0 Å². The minimum atomic E-state index is -0.886. The van der Waals surface area contributed by atoms with E-state index in [9.17, 15) is 14.7 Å². The van der Waals surface area contributed by atoms with E-state index in [0.717, 1.165) is 32.1 Å². The molecule has 1 amide bonds. The molecule has 2 aliphatic rings. The highest BCUT2D eigenvalue weighted by molar-refractivity contribution is 5.86. The molecule has 0 aromatic rings. The lowest BCUT2D eigenvalue weighted by molar-refractivity contribution is -0.161. The Balaban J connectivity index is 2.16. The average molecular weight is 282 g/mol. The minimum absolute atomic E-state index is 0.000301. The van der Waals surface area contributed by atoms with Gasteiger partial charge in [0.1, 0.15) is 6.04 Å². The Kier molecular flexibility index (Phi) is 4.37. The number of carbonyl (C=O) groups is 2. The Bertz CT molecular complexity index is 395. The summed E-state index contributed by atoms with van der Waals surface area (Å²) in [5.74, 6) is -0.974. The van der Waals surface area contributed by atoms with Crippen LogP contribution >= 0.6 is 0 Å². The average Bonchev–Trinajstić information content (AvgIpc) is 2.35. The SMILES string of the molecule is CC1(C)CCCN(C(=O)C2CCCC(N)C2)C1C(=O)O. The van der Waals surface area contributed by atoms with Crippen LogP contribution in [-0.4, -0.2) is 40.5 Å². The van der Waals surface area contributed by atoms with E-state index in [4.69, 9.17) is 5.73 Å². The second kappa shape index (κ2) is 5.72. The third kappa shape index (κ3) is 2.97. The van der Waals surface area contributed by atoms with E-state index in [1.807, 2.05) is 13.8 Å². The summed E-state index contributed by atoms with van der Waals surface area (Å²) in [5.41, 5.74) is 5.59. The minimum Gasteiger partial charge on any atom is -0.480 e. The fourth-order valence-electron chi connectivity index (χ4n) is 3.78. The molecule has 114 valence electrons. The monoisotopic (exact) mass is 282 g/mol. The van der Waals surface area contributed by atoms with Crippen LogP contribution in [0.4, 0.5) is 0 Å². The summed E-state index contributed by atoms with van der Waals surface area (Å²) in [5, 5.41) is 9.52. The zero-order valence-corrected chi connectivity index (χ0v) is 12.5. The van der Waals surface area contributed by atoms with Crippen molar-refractivity contribution in [3.8, 4) is 0 Å². The fourth-order valence-corrected chi connectivity index (χ4v) is 3.78. The van der Waals surface area contributed by atoms with Crippen molar-refractivity contribution in [2.45, 2.75) is 64.5 Å². The van der Waals surface area contributed by atoms with Gasteiger partial charge >= 0.3 is 5.97 Å². The van der Waals surface area contributed by atoms with E-state index in [1.54, 1.807) is 4.90 Å². The molecule has 0 aromatic heterocycles. The number of rotatable bonds is 2. The molecule has 3 N–H and O–H groups in total. The lowest BCUT2D eigenvalue weighted by atomic mass is 9.75. The Morgan fingerprint density at radius 2 is 1.95 bits per heavy atom. The van der Waals surface area contributed by atoms with Crippen LogP contribution in [0.2, 0.25) is 0 Å². The Labute approximate surface area is 120 Å². The van der Waals surface area contributed by atoms with Gasteiger partial charge in [0.05, 0.1) is 0 Å². The van der Waals surface area contributed by atoms with Crippen LogP contribution in [-0.2, 0) is 9.59 Å². The molecule has 1 heterocycles. The molecule has 0 aromatic carbocycles. The van der Waals surface area contributed by atoms with Gasteiger partial charge in [-0.3, -0.25) is 4.79 Å². The zero-order chi connectivity index (χ0) is 14.9. The van der Waals surface area contributed by atoms with Gasteiger partial charge < -0.3 is 15.7 Å². The Morgan fingerprint density at radius 1 is 1.25 bits per heavy atom. The highest BCUT2D eigenvalue weighted by Gasteiger charge is 2.46.